The third-order valence-electron chi connectivity index (χ3n) is 2.26. The van der Waals surface area contributed by atoms with Crippen molar-refractivity contribution in [3.8, 4) is 6.07 Å². The van der Waals surface area contributed by atoms with Crippen molar-refractivity contribution in [2.45, 2.75) is 6.92 Å². The van der Waals surface area contributed by atoms with Crippen molar-refractivity contribution in [3.05, 3.63) is 28.8 Å². The van der Waals surface area contributed by atoms with Gasteiger partial charge in [0.1, 0.15) is 0 Å². The molecule has 0 bridgehead atoms. The number of sulfone groups is 1. The van der Waals surface area contributed by atoms with Crippen molar-refractivity contribution in [1.82, 2.24) is 0 Å². The molecule has 0 fully saturated rings. The second kappa shape index (κ2) is 5.89. The van der Waals surface area contributed by atoms with Crippen molar-refractivity contribution >= 4 is 27.1 Å². The van der Waals surface area contributed by atoms with E-state index >= 15 is 0 Å². The van der Waals surface area contributed by atoms with E-state index in [1.54, 1.807) is 25.1 Å². The number of nitriles is 1. The van der Waals surface area contributed by atoms with Crippen LogP contribution in [0.25, 0.3) is 0 Å². The number of nitrogens with zero attached hydrogens (tertiary/aromatic N) is 1. The molecule has 0 aliphatic heterocycles. The highest BCUT2D eigenvalue weighted by molar-refractivity contribution is 7.91. The fraction of sp³-hybridized carbons (Fsp3) is 0.364. The molecule has 0 atom stereocenters. The van der Waals surface area contributed by atoms with E-state index in [9.17, 15) is 8.42 Å². The third kappa shape index (κ3) is 4.25. The van der Waals surface area contributed by atoms with Gasteiger partial charge < -0.3 is 5.32 Å². The Hall–Kier alpha value is -1.25. The molecule has 92 valence electrons. The summed E-state index contributed by atoms with van der Waals surface area (Å²) in [4.78, 5) is 0. The van der Waals surface area contributed by atoms with Crippen molar-refractivity contribution in [1.29, 1.82) is 5.26 Å². The summed E-state index contributed by atoms with van der Waals surface area (Å²) >= 11 is 5.92. The minimum atomic E-state index is -2.99. The molecular formula is C11H13ClN2O2S. The van der Waals surface area contributed by atoms with Gasteiger partial charge in [0.2, 0.25) is 0 Å². The summed E-state index contributed by atoms with van der Waals surface area (Å²) in [6, 6.07) is 6.81. The third-order valence-corrected chi connectivity index (χ3v) is 4.30. The first-order valence-electron chi connectivity index (χ1n) is 5.12. The van der Waals surface area contributed by atoms with Crippen molar-refractivity contribution in [3.63, 3.8) is 0 Å². The van der Waals surface area contributed by atoms with E-state index in [4.69, 9.17) is 16.9 Å². The van der Waals surface area contributed by atoms with Crippen LogP contribution in [0.4, 0.5) is 5.69 Å². The van der Waals surface area contributed by atoms with Crippen LogP contribution in [0, 0.1) is 11.3 Å². The molecule has 17 heavy (non-hydrogen) atoms. The molecule has 1 aromatic rings. The number of nitrogens with one attached hydrogen (secondary N) is 1. The number of hydrogen-bond donors (Lipinski definition) is 1. The van der Waals surface area contributed by atoms with E-state index in [2.05, 4.69) is 5.32 Å². The van der Waals surface area contributed by atoms with Gasteiger partial charge >= 0.3 is 0 Å². The quantitative estimate of drug-likeness (QED) is 0.891. The summed E-state index contributed by atoms with van der Waals surface area (Å²) in [5.41, 5.74) is 1.06. The maximum atomic E-state index is 11.3. The molecule has 0 amide bonds. The normalized spacial score (nSPS) is 10.9. The van der Waals surface area contributed by atoms with Crippen LogP contribution in [-0.4, -0.2) is 26.5 Å². The highest BCUT2D eigenvalue weighted by Crippen LogP contribution is 2.22. The zero-order valence-corrected chi connectivity index (χ0v) is 11.0. The van der Waals surface area contributed by atoms with E-state index < -0.39 is 9.84 Å². The SMILES string of the molecule is CCS(=O)(=O)CCNc1cc(C#N)ccc1Cl. The van der Waals surface area contributed by atoms with Gasteiger partial charge in [0.25, 0.3) is 0 Å². The van der Waals surface area contributed by atoms with Crippen molar-refractivity contribution in [2.24, 2.45) is 0 Å². The highest BCUT2D eigenvalue weighted by Gasteiger charge is 2.07. The van der Waals surface area contributed by atoms with Crippen molar-refractivity contribution < 1.29 is 8.42 Å². The van der Waals surface area contributed by atoms with Crippen LogP contribution in [0.5, 0.6) is 0 Å². The van der Waals surface area contributed by atoms with Gasteiger partial charge in [-0.1, -0.05) is 18.5 Å². The minimum absolute atomic E-state index is 0.0522. The minimum Gasteiger partial charge on any atom is -0.383 e. The second-order valence-electron chi connectivity index (χ2n) is 3.47. The Balaban J connectivity index is 2.67. The van der Waals surface area contributed by atoms with E-state index in [0.717, 1.165) is 0 Å². The van der Waals surface area contributed by atoms with Gasteiger partial charge in [0.15, 0.2) is 9.84 Å². The number of hydrogen-bond acceptors (Lipinski definition) is 4. The van der Waals surface area contributed by atoms with E-state index in [1.807, 2.05) is 6.07 Å². The lowest BCUT2D eigenvalue weighted by atomic mass is 10.2. The Kier molecular flexibility index (Phi) is 4.79. The summed E-state index contributed by atoms with van der Waals surface area (Å²) < 4.78 is 22.5. The van der Waals surface area contributed by atoms with Gasteiger partial charge in [-0.25, -0.2) is 8.42 Å². The molecule has 0 spiro atoms. The Morgan fingerprint density at radius 3 is 2.76 bits per heavy atom. The molecule has 0 radical (unpaired) electrons. The topological polar surface area (TPSA) is 70.0 Å². The molecule has 0 heterocycles. The average molecular weight is 273 g/mol. The van der Waals surface area contributed by atoms with Crippen molar-refractivity contribution in [2.75, 3.05) is 23.4 Å². The number of rotatable bonds is 5. The van der Waals surface area contributed by atoms with Gasteiger partial charge in [0, 0.05) is 12.3 Å². The van der Waals surface area contributed by atoms with Crippen LogP contribution in [0.3, 0.4) is 0 Å². The van der Waals surface area contributed by atoms with Crippen LogP contribution in [0.1, 0.15) is 12.5 Å². The monoisotopic (exact) mass is 272 g/mol. The Morgan fingerprint density at radius 1 is 1.47 bits per heavy atom. The summed E-state index contributed by atoms with van der Waals surface area (Å²) in [7, 11) is -2.99. The lowest BCUT2D eigenvalue weighted by molar-refractivity contribution is 0.597. The second-order valence-corrected chi connectivity index (χ2v) is 6.35. The molecule has 0 saturated heterocycles. The largest absolute Gasteiger partial charge is 0.383 e. The summed E-state index contributed by atoms with van der Waals surface area (Å²) in [6.45, 7) is 1.89. The lowest BCUT2D eigenvalue weighted by Crippen LogP contribution is -2.17. The molecule has 6 heteroatoms. The predicted octanol–water partition coefficient (Wildman–Crippen LogP) is 2.06. The smallest absolute Gasteiger partial charge is 0.151 e. The summed E-state index contributed by atoms with van der Waals surface area (Å²) in [5, 5.41) is 12.1. The Labute approximate surface area is 106 Å². The zero-order chi connectivity index (χ0) is 12.9. The van der Waals surface area contributed by atoms with Gasteiger partial charge in [-0.05, 0) is 18.2 Å². The molecule has 1 aromatic carbocycles. The van der Waals surface area contributed by atoms with E-state index in [0.29, 0.717) is 16.3 Å². The molecule has 0 unspecified atom stereocenters. The molecular weight excluding hydrogens is 260 g/mol. The molecule has 1 N–H and O–H groups in total. The first-order chi connectivity index (χ1) is 7.98. The molecule has 4 nitrogen and oxygen atoms in total. The molecule has 0 aliphatic rings. The fourth-order valence-electron chi connectivity index (χ4n) is 1.22. The lowest BCUT2D eigenvalue weighted by Gasteiger charge is -2.08. The molecule has 0 saturated carbocycles. The standard InChI is InChI=1S/C11H13ClN2O2S/c1-2-17(15,16)6-5-14-11-7-9(8-13)3-4-10(11)12/h3-4,7,14H,2,5-6H2,1H3. The fourth-order valence-corrected chi connectivity index (χ4v) is 2.10. The van der Waals surface area contributed by atoms with Gasteiger partial charge in [0.05, 0.1) is 28.1 Å². The van der Waals surface area contributed by atoms with E-state index in [-0.39, 0.29) is 18.1 Å². The summed E-state index contributed by atoms with van der Waals surface area (Å²) in [5.74, 6) is 0.178. The van der Waals surface area contributed by atoms with E-state index in [1.165, 1.54) is 0 Å². The molecule has 0 aliphatic carbocycles. The predicted molar refractivity (Wildman–Crippen MR) is 69.0 cm³/mol. The van der Waals surface area contributed by atoms with Gasteiger partial charge in [-0.3, -0.25) is 0 Å². The van der Waals surface area contributed by atoms with Gasteiger partial charge in [-0.15, -0.1) is 0 Å². The maximum absolute atomic E-state index is 11.3. The van der Waals surface area contributed by atoms with Crippen LogP contribution in [0.2, 0.25) is 5.02 Å². The average Bonchev–Trinajstić information content (AvgIpc) is 2.31. The van der Waals surface area contributed by atoms with Crippen LogP contribution in [0.15, 0.2) is 18.2 Å². The zero-order valence-electron chi connectivity index (χ0n) is 9.40. The summed E-state index contributed by atoms with van der Waals surface area (Å²) in [6.07, 6.45) is 0. The van der Waals surface area contributed by atoms with Crippen LogP contribution < -0.4 is 5.32 Å². The highest BCUT2D eigenvalue weighted by atomic mass is 35.5. The molecule has 1 rings (SSSR count). The Morgan fingerprint density at radius 2 is 2.18 bits per heavy atom. The number of halogens is 1. The first kappa shape index (κ1) is 13.8. The number of benzene rings is 1. The molecule has 0 aromatic heterocycles. The Bertz CT molecular complexity index is 535. The number of anilines is 1. The maximum Gasteiger partial charge on any atom is 0.151 e. The van der Waals surface area contributed by atoms with Gasteiger partial charge in [-0.2, -0.15) is 5.26 Å². The van der Waals surface area contributed by atoms with Crippen LogP contribution >= 0.6 is 11.6 Å². The van der Waals surface area contributed by atoms with Crippen LogP contribution in [-0.2, 0) is 9.84 Å². The first-order valence-corrected chi connectivity index (χ1v) is 7.32.